The average molecular weight is 392 g/mol. The van der Waals surface area contributed by atoms with E-state index in [1.54, 1.807) is 0 Å². The SMILES string of the molecule is CC(C)C(NP(=O)(c1ccccc1)c1ccccc1)C(=O)Nc1ccccc1. The van der Waals surface area contributed by atoms with E-state index in [1.165, 1.54) is 0 Å². The highest BCUT2D eigenvalue weighted by Crippen LogP contribution is 2.40. The molecule has 3 rings (SSSR count). The molecule has 0 aliphatic heterocycles. The Bertz CT molecular complexity index is 901. The van der Waals surface area contributed by atoms with E-state index < -0.39 is 13.3 Å². The Morgan fingerprint density at radius 1 is 0.750 bits per heavy atom. The molecule has 0 radical (unpaired) electrons. The Labute approximate surface area is 166 Å². The summed E-state index contributed by atoms with van der Waals surface area (Å²) in [6, 6.07) is 27.3. The molecule has 1 unspecified atom stereocenters. The van der Waals surface area contributed by atoms with Gasteiger partial charge in [0.1, 0.15) is 0 Å². The first-order valence-corrected chi connectivity index (χ1v) is 11.1. The molecule has 28 heavy (non-hydrogen) atoms. The van der Waals surface area contributed by atoms with Crippen molar-refractivity contribution < 1.29 is 9.36 Å². The fourth-order valence-electron chi connectivity index (χ4n) is 3.02. The Kier molecular flexibility index (Phi) is 6.45. The van der Waals surface area contributed by atoms with Crippen molar-refractivity contribution in [2.45, 2.75) is 19.9 Å². The van der Waals surface area contributed by atoms with Crippen molar-refractivity contribution in [3.8, 4) is 0 Å². The zero-order valence-corrected chi connectivity index (χ0v) is 17.0. The van der Waals surface area contributed by atoms with Crippen LogP contribution in [0, 0.1) is 5.92 Å². The van der Waals surface area contributed by atoms with Gasteiger partial charge in [-0.05, 0) is 42.3 Å². The summed E-state index contributed by atoms with van der Waals surface area (Å²) in [7, 11) is -3.20. The molecule has 1 amide bonds. The molecule has 3 aromatic carbocycles. The lowest BCUT2D eigenvalue weighted by Gasteiger charge is -2.28. The first kappa shape index (κ1) is 20.1. The highest BCUT2D eigenvalue weighted by atomic mass is 31.2. The number of amides is 1. The molecular weight excluding hydrogens is 367 g/mol. The van der Waals surface area contributed by atoms with Crippen LogP contribution in [0.5, 0.6) is 0 Å². The molecule has 0 fully saturated rings. The quantitative estimate of drug-likeness (QED) is 0.594. The largest absolute Gasteiger partial charge is 0.325 e. The fourth-order valence-corrected chi connectivity index (χ4v) is 5.61. The summed E-state index contributed by atoms with van der Waals surface area (Å²) in [6.45, 7) is 3.89. The Hall–Kier alpha value is -2.68. The number of nitrogens with one attached hydrogen (secondary N) is 2. The van der Waals surface area contributed by atoms with Gasteiger partial charge in [0.2, 0.25) is 13.2 Å². The number of anilines is 1. The standard InChI is InChI=1S/C23H25N2O2P/c1-18(2)22(23(26)24-19-12-6-3-7-13-19)25-28(27,20-14-8-4-9-15-20)21-16-10-5-11-17-21/h3-18,22H,1-2H3,(H,24,26)(H,25,27). The summed E-state index contributed by atoms with van der Waals surface area (Å²) in [4.78, 5) is 13.0. The van der Waals surface area contributed by atoms with Crippen LogP contribution in [0.15, 0.2) is 91.0 Å². The highest BCUT2D eigenvalue weighted by molar-refractivity contribution is 7.77. The number of hydrogen-bond donors (Lipinski definition) is 2. The van der Waals surface area contributed by atoms with Crippen LogP contribution in [-0.2, 0) is 9.36 Å². The van der Waals surface area contributed by atoms with Crippen LogP contribution in [0.25, 0.3) is 0 Å². The lowest BCUT2D eigenvalue weighted by atomic mass is 10.0. The van der Waals surface area contributed by atoms with Gasteiger partial charge in [0.25, 0.3) is 0 Å². The van der Waals surface area contributed by atoms with Crippen LogP contribution in [0.1, 0.15) is 13.8 Å². The molecule has 4 nitrogen and oxygen atoms in total. The lowest BCUT2D eigenvalue weighted by Crippen LogP contribution is -2.46. The molecule has 144 valence electrons. The maximum atomic E-state index is 14.2. The molecule has 3 aromatic rings. The van der Waals surface area contributed by atoms with Gasteiger partial charge < -0.3 is 5.32 Å². The third-order valence-corrected chi connectivity index (χ3v) is 7.24. The molecule has 0 spiro atoms. The number of benzene rings is 3. The minimum Gasteiger partial charge on any atom is -0.325 e. The van der Waals surface area contributed by atoms with E-state index >= 15 is 0 Å². The van der Waals surface area contributed by atoms with E-state index in [-0.39, 0.29) is 11.8 Å². The predicted molar refractivity (Wildman–Crippen MR) is 117 cm³/mol. The lowest BCUT2D eigenvalue weighted by molar-refractivity contribution is -0.118. The van der Waals surface area contributed by atoms with Gasteiger partial charge in [-0.25, -0.2) is 5.09 Å². The summed E-state index contributed by atoms with van der Waals surface area (Å²) in [6.07, 6.45) is 0. The third kappa shape index (κ3) is 4.59. The van der Waals surface area contributed by atoms with Gasteiger partial charge in [-0.1, -0.05) is 68.4 Å². The van der Waals surface area contributed by atoms with Crippen LogP contribution in [0.2, 0.25) is 0 Å². The fraction of sp³-hybridized carbons (Fsp3) is 0.174. The second kappa shape index (κ2) is 9.01. The Morgan fingerprint density at radius 2 is 1.18 bits per heavy atom. The van der Waals surface area contributed by atoms with Crippen molar-refractivity contribution in [1.29, 1.82) is 0 Å². The van der Waals surface area contributed by atoms with Crippen molar-refractivity contribution >= 4 is 29.5 Å². The molecule has 2 N–H and O–H groups in total. The minimum atomic E-state index is -3.20. The molecule has 0 saturated heterocycles. The van der Waals surface area contributed by atoms with Crippen molar-refractivity contribution in [3.05, 3.63) is 91.0 Å². The molecular formula is C23H25N2O2P. The normalized spacial score (nSPS) is 12.5. The van der Waals surface area contributed by atoms with Crippen molar-refractivity contribution in [2.75, 3.05) is 5.32 Å². The van der Waals surface area contributed by atoms with Crippen LogP contribution in [-0.4, -0.2) is 11.9 Å². The minimum absolute atomic E-state index is 0.0514. The number of carbonyl (C=O) groups excluding carboxylic acids is 1. The first-order valence-electron chi connectivity index (χ1n) is 9.35. The second-order valence-electron chi connectivity index (χ2n) is 6.99. The molecule has 0 aromatic heterocycles. The van der Waals surface area contributed by atoms with Crippen LogP contribution in [0.3, 0.4) is 0 Å². The molecule has 0 saturated carbocycles. The number of hydrogen-bond acceptors (Lipinski definition) is 2. The Morgan fingerprint density at radius 3 is 1.61 bits per heavy atom. The molecule has 1 atom stereocenters. The molecule has 0 aliphatic rings. The van der Waals surface area contributed by atoms with Gasteiger partial charge in [-0.15, -0.1) is 0 Å². The van der Waals surface area contributed by atoms with Crippen LogP contribution >= 0.6 is 7.29 Å². The smallest absolute Gasteiger partial charge is 0.242 e. The van der Waals surface area contributed by atoms with Crippen molar-refractivity contribution in [1.82, 2.24) is 5.09 Å². The zero-order valence-electron chi connectivity index (χ0n) is 16.1. The van der Waals surface area contributed by atoms with Gasteiger partial charge in [0.05, 0.1) is 6.04 Å². The van der Waals surface area contributed by atoms with E-state index in [0.717, 1.165) is 0 Å². The summed E-state index contributed by atoms with van der Waals surface area (Å²) >= 11 is 0. The van der Waals surface area contributed by atoms with Crippen LogP contribution in [0.4, 0.5) is 5.69 Å². The number of para-hydroxylation sites is 1. The van der Waals surface area contributed by atoms with Crippen molar-refractivity contribution in [2.24, 2.45) is 5.92 Å². The topological polar surface area (TPSA) is 58.2 Å². The summed E-state index contributed by atoms with van der Waals surface area (Å²) in [5.74, 6) is -0.252. The summed E-state index contributed by atoms with van der Waals surface area (Å²) in [5.41, 5.74) is 0.717. The monoisotopic (exact) mass is 392 g/mol. The molecule has 0 heterocycles. The molecule has 0 aliphatic carbocycles. The van der Waals surface area contributed by atoms with Gasteiger partial charge >= 0.3 is 0 Å². The molecule has 0 bridgehead atoms. The third-order valence-electron chi connectivity index (χ3n) is 4.55. The number of rotatable bonds is 7. The van der Waals surface area contributed by atoms with E-state index in [9.17, 15) is 9.36 Å². The van der Waals surface area contributed by atoms with Crippen molar-refractivity contribution in [3.63, 3.8) is 0 Å². The maximum absolute atomic E-state index is 14.2. The van der Waals surface area contributed by atoms with Gasteiger partial charge in [0, 0.05) is 16.3 Å². The predicted octanol–water partition coefficient (Wildman–Crippen LogP) is 4.17. The second-order valence-corrected chi connectivity index (χ2v) is 9.50. The van der Waals surface area contributed by atoms with E-state index in [0.29, 0.717) is 16.3 Å². The average Bonchev–Trinajstić information content (AvgIpc) is 2.73. The van der Waals surface area contributed by atoms with Crippen LogP contribution < -0.4 is 21.0 Å². The van der Waals surface area contributed by atoms with Gasteiger partial charge in [-0.3, -0.25) is 9.36 Å². The zero-order chi connectivity index (χ0) is 20.0. The van der Waals surface area contributed by atoms with E-state index in [2.05, 4.69) is 10.4 Å². The van der Waals surface area contributed by atoms with Gasteiger partial charge in [0.15, 0.2) is 0 Å². The number of carbonyl (C=O) groups is 1. The summed E-state index contributed by atoms with van der Waals surface area (Å²) in [5, 5.41) is 7.51. The highest BCUT2D eigenvalue weighted by Gasteiger charge is 2.34. The molecule has 5 heteroatoms. The van der Waals surface area contributed by atoms with E-state index in [4.69, 9.17) is 0 Å². The maximum Gasteiger partial charge on any atom is 0.242 e. The first-order chi connectivity index (χ1) is 13.5. The Balaban J connectivity index is 1.95. The summed E-state index contributed by atoms with van der Waals surface area (Å²) < 4.78 is 14.2. The van der Waals surface area contributed by atoms with Gasteiger partial charge in [-0.2, -0.15) is 0 Å². The van der Waals surface area contributed by atoms with E-state index in [1.807, 2.05) is 105 Å².